The summed E-state index contributed by atoms with van der Waals surface area (Å²) in [6.45, 7) is 1.96. The van der Waals surface area contributed by atoms with Crippen molar-refractivity contribution in [1.82, 2.24) is 0 Å². The molecule has 0 fully saturated rings. The van der Waals surface area contributed by atoms with E-state index in [9.17, 15) is 0 Å². The number of hydrogen-bond donors (Lipinski definition) is 0. The van der Waals surface area contributed by atoms with E-state index in [2.05, 4.69) is 23.7 Å². The number of hydrogen-bond acceptors (Lipinski definition) is 3. The van der Waals surface area contributed by atoms with Crippen LogP contribution in [0.4, 0.5) is 0 Å². The third-order valence-electron chi connectivity index (χ3n) is 0.866. The van der Waals surface area contributed by atoms with E-state index in [-0.39, 0.29) is 0 Å². The van der Waals surface area contributed by atoms with Crippen LogP contribution in [0.1, 0.15) is 6.92 Å². The first kappa shape index (κ1) is 11.2. The second-order valence-corrected chi connectivity index (χ2v) is 2.99. The third-order valence-corrected chi connectivity index (χ3v) is 1.68. The Morgan fingerprint density at radius 2 is 2.08 bits per heavy atom. The normalized spacial score (nSPS) is 8.08. The Morgan fingerprint density at radius 1 is 1.31 bits per heavy atom. The molecule has 0 aromatic rings. The molecule has 0 aliphatic rings. The van der Waals surface area contributed by atoms with Crippen LogP contribution in [-0.2, 0) is 0 Å². The topological polar surface area (TPSA) is 47.6 Å². The van der Waals surface area contributed by atoms with Gasteiger partial charge in [0.05, 0.1) is 4.91 Å². The molecule has 62 valence electrons. The summed E-state index contributed by atoms with van der Waals surface area (Å²) in [5.74, 6) is 10.3. The van der Waals surface area contributed by atoms with Gasteiger partial charge in [-0.05, 0) is 11.7 Å². The van der Waals surface area contributed by atoms with Crippen molar-refractivity contribution in [2.45, 2.75) is 6.92 Å². The van der Waals surface area contributed by atoms with Gasteiger partial charge in [-0.1, -0.05) is 12.8 Å². The first-order valence-electron chi connectivity index (χ1n) is 3.47. The Bertz CT molecular complexity index is 385. The molecule has 3 heteroatoms. The van der Waals surface area contributed by atoms with Crippen LogP contribution in [-0.4, -0.2) is 5.75 Å². The van der Waals surface area contributed by atoms with Crippen LogP contribution in [0.25, 0.3) is 0 Å². The van der Waals surface area contributed by atoms with Gasteiger partial charge in [0.1, 0.15) is 6.07 Å². The van der Waals surface area contributed by atoms with E-state index in [1.165, 1.54) is 17.8 Å². The molecule has 0 aromatic carbocycles. The summed E-state index contributed by atoms with van der Waals surface area (Å²) in [6.07, 6.45) is 1.50. The van der Waals surface area contributed by atoms with Gasteiger partial charge >= 0.3 is 0 Å². The largest absolute Gasteiger partial charge is 0.192 e. The predicted molar refractivity (Wildman–Crippen MR) is 53.0 cm³/mol. The van der Waals surface area contributed by atoms with Crippen molar-refractivity contribution < 1.29 is 0 Å². The van der Waals surface area contributed by atoms with Crippen LogP contribution >= 0.6 is 11.8 Å². The van der Waals surface area contributed by atoms with Gasteiger partial charge in [-0.3, -0.25) is 0 Å². The summed E-state index contributed by atoms with van der Waals surface area (Å²) < 4.78 is 0. The lowest BCUT2D eigenvalue weighted by molar-refractivity contribution is 1.51. The van der Waals surface area contributed by atoms with Gasteiger partial charge in [0.15, 0.2) is 6.07 Å². The molecule has 0 unspecified atom stereocenters. The highest BCUT2D eigenvalue weighted by atomic mass is 32.2. The van der Waals surface area contributed by atoms with Crippen molar-refractivity contribution in [2.24, 2.45) is 0 Å². The molecule has 0 aromatic heterocycles. The van der Waals surface area contributed by atoms with Crippen molar-refractivity contribution in [1.29, 1.82) is 10.5 Å². The molecule has 0 rings (SSSR count). The molecule has 0 aliphatic heterocycles. The van der Waals surface area contributed by atoms with E-state index in [0.717, 1.165) is 5.75 Å². The zero-order chi connectivity index (χ0) is 9.94. The Labute approximate surface area is 82.2 Å². The molecule has 0 saturated heterocycles. The van der Waals surface area contributed by atoms with E-state index in [1.54, 1.807) is 6.07 Å². The predicted octanol–water partition coefficient (Wildman–Crippen LogP) is 1.68. The zero-order valence-corrected chi connectivity index (χ0v) is 7.90. The molecule has 0 N–H and O–H groups in total. The van der Waals surface area contributed by atoms with E-state index in [0.29, 0.717) is 4.91 Å². The summed E-state index contributed by atoms with van der Waals surface area (Å²) in [5.41, 5.74) is 0. The fourth-order valence-electron chi connectivity index (χ4n) is 0.459. The van der Waals surface area contributed by atoms with Gasteiger partial charge < -0.3 is 0 Å². The number of allylic oxidation sites excluding steroid dienone is 2. The minimum atomic E-state index is 0.564. The molecule has 13 heavy (non-hydrogen) atoms. The van der Waals surface area contributed by atoms with Crippen molar-refractivity contribution in [3.63, 3.8) is 0 Å². The maximum Gasteiger partial charge on any atom is 0.153 e. The highest BCUT2D eigenvalue weighted by Crippen LogP contribution is 2.12. The summed E-state index contributed by atoms with van der Waals surface area (Å²) in [4.78, 5) is 0.564. The summed E-state index contributed by atoms with van der Waals surface area (Å²) in [7, 11) is 0. The molecular weight excluding hydrogens is 180 g/mol. The number of nitriles is 2. The zero-order valence-electron chi connectivity index (χ0n) is 7.09. The Hall–Kier alpha value is -1.81. The Balaban J connectivity index is 4.30. The van der Waals surface area contributed by atoms with E-state index in [4.69, 9.17) is 10.5 Å². The molecule has 0 atom stereocenters. The lowest BCUT2D eigenvalue weighted by Gasteiger charge is -1.87. The first-order chi connectivity index (χ1) is 6.35. The standard InChI is InChI=1S/C10H6N2S/c1-2-13-10(9-12)7-5-3-4-6-8-11/h7H,2H2,1H3/b10-7+. The maximum absolute atomic E-state index is 8.56. The Kier molecular flexibility index (Phi) is 7.13. The van der Waals surface area contributed by atoms with Crippen LogP contribution in [0.5, 0.6) is 0 Å². The molecule has 0 aliphatic carbocycles. The molecule has 0 heterocycles. The highest BCUT2D eigenvalue weighted by Gasteiger charge is 1.89. The second kappa shape index (κ2) is 8.29. The maximum atomic E-state index is 8.56. The van der Waals surface area contributed by atoms with Crippen LogP contribution in [0, 0.1) is 46.3 Å². The van der Waals surface area contributed by atoms with Crippen molar-refractivity contribution in [3.8, 4) is 35.8 Å². The Morgan fingerprint density at radius 3 is 2.62 bits per heavy atom. The lowest BCUT2D eigenvalue weighted by Crippen LogP contribution is -1.71. The highest BCUT2D eigenvalue weighted by molar-refractivity contribution is 8.03. The number of nitrogens with zero attached hydrogens (tertiary/aromatic N) is 2. The fourth-order valence-corrected chi connectivity index (χ4v) is 0.976. The average molecular weight is 186 g/mol. The van der Waals surface area contributed by atoms with Crippen LogP contribution in [0.15, 0.2) is 11.0 Å². The van der Waals surface area contributed by atoms with Crippen LogP contribution in [0.2, 0.25) is 0 Å². The van der Waals surface area contributed by atoms with Gasteiger partial charge in [0.25, 0.3) is 0 Å². The smallest absolute Gasteiger partial charge is 0.153 e. The number of rotatable bonds is 2. The minimum absolute atomic E-state index is 0.564. The van der Waals surface area contributed by atoms with Crippen molar-refractivity contribution in [3.05, 3.63) is 11.0 Å². The summed E-state index contributed by atoms with van der Waals surface area (Å²) in [6, 6.07) is 3.64. The van der Waals surface area contributed by atoms with Crippen LogP contribution in [0.3, 0.4) is 0 Å². The van der Waals surface area contributed by atoms with Crippen molar-refractivity contribution in [2.75, 3.05) is 5.75 Å². The van der Waals surface area contributed by atoms with Gasteiger partial charge in [-0.15, -0.1) is 11.8 Å². The minimum Gasteiger partial charge on any atom is -0.192 e. The second-order valence-electron chi connectivity index (χ2n) is 1.68. The van der Waals surface area contributed by atoms with Gasteiger partial charge in [-0.25, -0.2) is 0 Å². The number of thioether (sulfide) groups is 1. The molecule has 0 radical (unpaired) electrons. The molecule has 0 amide bonds. The monoisotopic (exact) mass is 186 g/mol. The van der Waals surface area contributed by atoms with Crippen LogP contribution < -0.4 is 0 Å². The van der Waals surface area contributed by atoms with E-state index < -0.39 is 0 Å². The van der Waals surface area contributed by atoms with Gasteiger partial charge in [0.2, 0.25) is 0 Å². The first-order valence-corrected chi connectivity index (χ1v) is 4.46. The quantitative estimate of drug-likeness (QED) is 0.487. The van der Waals surface area contributed by atoms with E-state index in [1.807, 2.05) is 13.0 Å². The SMILES string of the molecule is CCS/C(C#N)=C/C#CC#CC#N. The van der Waals surface area contributed by atoms with Gasteiger partial charge in [0, 0.05) is 17.9 Å². The van der Waals surface area contributed by atoms with Gasteiger partial charge in [-0.2, -0.15) is 10.5 Å². The van der Waals surface area contributed by atoms with E-state index >= 15 is 0 Å². The fraction of sp³-hybridized carbons (Fsp3) is 0.200. The molecule has 0 saturated carbocycles. The van der Waals surface area contributed by atoms with Crippen molar-refractivity contribution >= 4 is 11.8 Å². The molecule has 0 spiro atoms. The average Bonchev–Trinajstić information content (AvgIpc) is 2.16. The molecular formula is C10H6N2S. The molecule has 0 bridgehead atoms. The summed E-state index contributed by atoms with van der Waals surface area (Å²) >= 11 is 1.42. The summed E-state index contributed by atoms with van der Waals surface area (Å²) in [5, 5.41) is 16.6. The lowest BCUT2D eigenvalue weighted by atomic mass is 10.5. The molecule has 2 nitrogen and oxygen atoms in total. The third kappa shape index (κ3) is 6.58.